The number of allylic oxidation sites excluding steroid dienone is 1. The molecule has 1 aliphatic carbocycles. The number of hydrogen-bond acceptors (Lipinski definition) is 2. The van der Waals surface area contributed by atoms with Crippen molar-refractivity contribution in [1.82, 2.24) is 4.90 Å². The Morgan fingerprint density at radius 1 is 1.42 bits per heavy atom. The zero-order chi connectivity index (χ0) is 8.55. The van der Waals surface area contributed by atoms with Crippen LogP contribution in [0.25, 0.3) is 0 Å². The van der Waals surface area contributed by atoms with Gasteiger partial charge in [0.25, 0.3) is 0 Å². The van der Waals surface area contributed by atoms with Gasteiger partial charge in [0.05, 0.1) is 6.07 Å². The largest absolute Gasteiger partial charge is 0.305 e. The molecular weight excluding hydrogens is 148 g/mol. The monoisotopic (exact) mass is 162 g/mol. The van der Waals surface area contributed by atoms with E-state index in [1.54, 1.807) is 6.08 Å². The zero-order valence-electron chi connectivity index (χ0n) is 7.45. The second kappa shape index (κ2) is 2.91. The molecule has 0 aromatic rings. The second-order valence-electron chi connectivity index (χ2n) is 3.97. The molecule has 0 aromatic carbocycles. The lowest BCUT2D eigenvalue weighted by Gasteiger charge is -2.30. The Kier molecular flexibility index (Phi) is 1.90. The highest BCUT2D eigenvalue weighted by Crippen LogP contribution is 2.40. The van der Waals surface area contributed by atoms with Crippen LogP contribution in [0.4, 0.5) is 0 Å². The van der Waals surface area contributed by atoms with Crippen molar-refractivity contribution >= 4 is 0 Å². The van der Waals surface area contributed by atoms with Crippen LogP contribution in [-0.4, -0.2) is 25.0 Å². The number of likely N-dealkylation sites (tertiary alicyclic amines) is 1. The predicted molar refractivity (Wildman–Crippen MR) is 47.4 cm³/mol. The van der Waals surface area contributed by atoms with Gasteiger partial charge in [-0.15, -0.1) is 0 Å². The van der Waals surface area contributed by atoms with Crippen molar-refractivity contribution < 1.29 is 0 Å². The molecule has 1 saturated heterocycles. The summed E-state index contributed by atoms with van der Waals surface area (Å²) in [6, 6.07) is 2.17. The Morgan fingerprint density at radius 3 is 2.50 bits per heavy atom. The molecule has 2 heteroatoms. The van der Waals surface area contributed by atoms with Gasteiger partial charge in [0.15, 0.2) is 0 Å². The van der Waals surface area contributed by atoms with Crippen molar-refractivity contribution in [1.29, 1.82) is 5.26 Å². The lowest BCUT2D eigenvalue weighted by molar-refractivity contribution is 0.253. The van der Waals surface area contributed by atoms with Crippen molar-refractivity contribution in [3.8, 4) is 6.07 Å². The summed E-state index contributed by atoms with van der Waals surface area (Å²) in [5.74, 6) is 1.38. The molecule has 2 rings (SSSR count). The van der Waals surface area contributed by atoms with Crippen LogP contribution in [0, 0.1) is 23.2 Å². The van der Waals surface area contributed by atoms with Gasteiger partial charge in [0.1, 0.15) is 0 Å². The molecule has 0 aromatic heterocycles. The van der Waals surface area contributed by atoms with Crippen molar-refractivity contribution in [2.24, 2.45) is 11.8 Å². The minimum absolute atomic E-state index is 0.688. The Morgan fingerprint density at radius 2 is 2.00 bits per heavy atom. The van der Waals surface area contributed by atoms with E-state index in [4.69, 9.17) is 5.26 Å². The quantitative estimate of drug-likeness (QED) is 0.503. The van der Waals surface area contributed by atoms with E-state index in [1.807, 2.05) is 0 Å². The molecular formula is C10H14N2. The molecule has 2 aliphatic rings. The fraction of sp³-hybridized carbons (Fsp3) is 0.700. The number of piperidine rings is 1. The Hall–Kier alpha value is -0.810. The molecule has 0 spiro atoms. The van der Waals surface area contributed by atoms with E-state index >= 15 is 0 Å². The molecule has 12 heavy (non-hydrogen) atoms. The van der Waals surface area contributed by atoms with Gasteiger partial charge in [0.2, 0.25) is 0 Å². The summed E-state index contributed by atoms with van der Waals surface area (Å²) in [5, 5.41) is 8.61. The average Bonchev–Trinajstić information content (AvgIpc) is 2.32. The highest BCUT2D eigenvalue weighted by molar-refractivity contribution is 5.25. The predicted octanol–water partition coefficient (Wildman–Crippen LogP) is 1.41. The van der Waals surface area contributed by atoms with Crippen LogP contribution < -0.4 is 0 Å². The number of nitriles is 1. The Balaban J connectivity index is 2.21. The third kappa shape index (κ3) is 1.15. The molecule has 1 heterocycles. The van der Waals surface area contributed by atoms with Crippen molar-refractivity contribution in [2.45, 2.75) is 12.8 Å². The van der Waals surface area contributed by atoms with Gasteiger partial charge in [-0.3, -0.25) is 0 Å². The number of nitrogens with zero attached hydrogens (tertiary/aromatic N) is 2. The number of rotatable bonds is 0. The van der Waals surface area contributed by atoms with Gasteiger partial charge in [-0.25, -0.2) is 0 Å². The van der Waals surface area contributed by atoms with Crippen LogP contribution in [-0.2, 0) is 0 Å². The number of fused-ring (bicyclic) bond motifs is 2. The topological polar surface area (TPSA) is 27.0 Å². The van der Waals surface area contributed by atoms with E-state index < -0.39 is 0 Å². The van der Waals surface area contributed by atoms with E-state index in [2.05, 4.69) is 18.0 Å². The first kappa shape index (κ1) is 7.82. The first-order valence-corrected chi connectivity index (χ1v) is 4.59. The summed E-state index contributed by atoms with van der Waals surface area (Å²) in [4.78, 5) is 2.39. The minimum atomic E-state index is 0.688. The molecule has 0 radical (unpaired) electrons. The molecule has 0 amide bonds. The van der Waals surface area contributed by atoms with E-state index in [0.29, 0.717) is 11.8 Å². The molecule has 2 nitrogen and oxygen atoms in total. The van der Waals surface area contributed by atoms with Crippen LogP contribution in [0.5, 0.6) is 0 Å². The van der Waals surface area contributed by atoms with Crippen LogP contribution in [0.15, 0.2) is 11.6 Å². The fourth-order valence-corrected chi connectivity index (χ4v) is 2.60. The van der Waals surface area contributed by atoms with Gasteiger partial charge in [0, 0.05) is 19.2 Å². The normalized spacial score (nSPS) is 34.8. The highest BCUT2D eigenvalue weighted by atomic mass is 15.1. The van der Waals surface area contributed by atoms with Crippen LogP contribution in [0.2, 0.25) is 0 Å². The van der Waals surface area contributed by atoms with Crippen molar-refractivity contribution in [3.63, 3.8) is 0 Å². The molecule has 64 valence electrons. The van der Waals surface area contributed by atoms with E-state index in [0.717, 1.165) is 13.1 Å². The van der Waals surface area contributed by atoms with E-state index in [-0.39, 0.29) is 0 Å². The maximum absolute atomic E-state index is 8.61. The third-order valence-electron chi connectivity index (χ3n) is 3.10. The zero-order valence-corrected chi connectivity index (χ0v) is 7.45. The second-order valence-corrected chi connectivity index (χ2v) is 3.97. The molecule has 2 unspecified atom stereocenters. The van der Waals surface area contributed by atoms with Gasteiger partial charge >= 0.3 is 0 Å². The maximum Gasteiger partial charge on any atom is 0.0911 e. The Labute approximate surface area is 73.5 Å². The van der Waals surface area contributed by atoms with Gasteiger partial charge in [-0.1, -0.05) is 5.57 Å². The molecule has 1 saturated carbocycles. The van der Waals surface area contributed by atoms with E-state index in [1.165, 1.54) is 18.4 Å². The lowest BCUT2D eigenvalue weighted by atomic mass is 9.92. The molecule has 2 bridgehead atoms. The van der Waals surface area contributed by atoms with Crippen molar-refractivity contribution in [3.05, 3.63) is 11.6 Å². The summed E-state index contributed by atoms with van der Waals surface area (Å²) in [5.41, 5.74) is 1.43. The summed E-state index contributed by atoms with van der Waals surface area (Å²) in [7, 11) is 2.18. The SMILES string of the molecule is CN1CC2CCC(C1)C2=CC#N. The molecule has 2 fully saturated rings. The average molecular weight is 162 g/mol. The van der Waals surface area contributed by atoms with Gasteiger partial charge in [-0.2, -0.15) is 5.26 Å². The lowest BCUT2D eigenvalue weighted by Crippen LogP contribution is -2.34. The van der Waals surface area contributed by atoms with Gasteiger partial charge in [-0.05, 0) is 31.7 Å². The third-order valence-corrected chi connectivity index (χ3v) is 3.10. The molecule has 0 N–H and O–H groups in total. The van der Waals surface area contributed by atoms with Crippen molar-refractivity contribution in [2.75, 3.05) is 20.1 Å². The first-order valence-electron chi connectivity index (χ1n) is 4.59. The summed E-state index contributed by atoms with van der Waals surface area (Å²) < 4.78 is 0. The molecule has 2 atom stereocenters. The minimum Gasteiger partial charge on any atom is -0.305 e. The van der Waals surface area contributed by atoms with E-state index in [9.17, 15) is 0 Å². The summed E-state index contributed by atoms with van der Waals surface area (Å²) in [6.45, 7) is 2.31. The van der Waals surface area contributed by atoms with Crippen LogP contribution in [0.1, 0.15) is 12.8 Å². The first-order chi connectivity index (χ1) is 5.81. The highest BCUT2D eigenvalue weighted by Gasteiger charge is 2.35. The standard InChI is InChI=1S/C10H14N2/c1-12-6-8-2-3-9(7-12)10(8)4-5-11/h4,8-9H,2-3,6-7H2,1H3. The van der Waals surface area contributed by atoms with Crippen LogP contribution >= 0.6 is 0 Å². The summed E-state index contributed by atoms with van der Waals surface area (Å²) >= 11 is 0. The summed E-state index contributed by atoms with van der Waals surface area (Å²) in [6.07, 6.45) is 4.38. The Bertz CT molecular complexity index is 233. The smallest absolute Gasteiger partial charge is 0.0911 e. The van der Waals surface area contributed by atoms with Crippen LogP contribution in [0.3, 0.4) is 0 Å². The fourth-order valence-electron chi connectivity index (χ4n) is 2.60. The van der Waals surface area contributed by atoms with Gasteiger partial charge < -0.3 is 4.90 Å². The number of hydrogen-bond donors (Lipinski definition) is 0. The molecule has 1 aliphatic heterocycles. The maximum atomic E-state index is 8.61.